The Morgan fingerprint density at radius 2 is 1.80 bits per heavy atom. The van der Waals surface area contributed by atoms with E-state index in [0.29, 0.717) is 0 Å². The number of anilines is 1. The second kappa shape index (κ2) is 5.51. The third kappa shape index (κ3) is 2.80. The Labute approximate surface area is 90.1 Å². The van der Waals surface area contributed by atoms with E-state index in [-0.39, 0.29) is 5.91 Å². The Kier molecular flexibility index (Phi) is 4.31. The Morgan fingerprint density at radius 3 is 2.20 bits per heavy atom. The molecular weight excluding hydrogens is 190 g/mol. The van der Waals surface area contributed by atoms with Gasteiger partial charge in [-0.25, -0.2) is 0 Å². The van der Waals surface area contributed by atoms with Crippen LogP contribution in [0.4, 0.5) is 5.69 Å². The second-order valence-corrected chi connectivity index (χ2v) is 3.36. The Morgan fingerprint density at radius 1 is 1.27 bits per heavy atom. The molecule has 1 amide bonds. The number of aryl methyl sites for hydroxylation is 2. The number of nitrogens with one attached hydrogen (secondary N) is 1. The minimum absolute atomic E-state index is 0.356. The first-order valence-electron chi connectivity index (χ1n) is 5.24. The van der Waals surface area contributed by atoms with Crippen molar-refractivity contribution in [3.63, 3.8) is 0 Å². The summed E-state index contributed by atoms with van der Waals surface area (Å²) in [7, 11) is 0. The maximum absolute atomic E-state index is 11.2. The molecule has 82 valence electrons. The summed E-state index contributed by atoms with van der Waals surface area (Å²) in [4.78, 5) is 11.2. The molecule has 0 spiro atoms. The fraction of sp³-hybridized carbons (Fsp3) is 0.417. The van der Waals surface area contributed by atoms with Gasteiger partial charge in [0.2, 0.25) is 5.91 Å². The number of hydrogen-bond donors (Lipinski definition) is 2. The maximum atomic E-state index is 11.2. The molecule has 3 heteroatoms. The van der Waals surface area contributed by atoms with Gasteiger partial charge in [0.05, 0.1) is 0 Å². The predicted molar refractivity (Wildman–Crippen MR) is 60.9 cm³/mol. The maximum Gasteiger partial charge on any atom is 0.250 e. The molecule has 0 aliphatic rings. The van der Waals surface area contributed by atoms with Crippen LogP contribution >= 0.6 is 0 Å². The number of benzene rings is 1. The van der Waals surface area contributed by atoms with Crippen molar-refractivity contribution in [3.8, 4) is 0 Å². The lowest BCUT2D eigenvalue weighted by Crippen LogP contribution is -2.17. The molecule has 15 heavy (non-hydrogen) atoms. The monoisotopic (exact) mass is 207 g/mol. The standard InChI is InChI=1S/C12H17NO2/c1-3-9-6-5-7-10(4-2)12(9)13-11(15)8-14/h5-7,14H,3-4,8H2,1-2H3,(H,13,15). The molecule has 1 aromatic carbocycles. The summed E-state index contributed by atoms with van der Waals surface area (Å²) >= 11 is 0. The Bertz CT molecular complexity index is 325. The van der Waals surface area contributed by atoms with Gasteiger partial charge in [-0.2, -0.15) is 0 Å². The molecule has 2 N–H and O–H groups in total. The molecule has 1 aromatic rings. The van der Waals surface area contributed by atoms with Crippen LogP contribution in [0.2, 0.25) is 0 Å². The van der Waals surface area contributed by atoms with Gasteiger partial charge in [0.25, 0.3) is 0 Å². The van der Waals surface area contributed by atoms with Gasteiger partial charge in [-0.3, -0.25) is 4.79 Å². The summed E-state index contributed by atoms with van der Waals surface area (Å²) in [6, 6.07) is 5.98. The summed E-state index contributed by atoms with van der Waals surface area (Å²) in [5.41, 5.74) is 3.08. The lowest BCUT2D eigenvalue weighted by atomic mass is 10.0. The van der Waals surface area contributed by atoms with Crippen molar-refractivity contribution in [1.82, 2.24) is 0 Å². The second-order valence-electron chi connectivity index (χ2n) is 3.36. The van der Waals surface area contributed by atoms with Gasteiger partial charge in [-0.15, -0.1) is 0 Å². The normalized spacial score (nSPS) is 10.1. The van der Waals surface area contributed by atoms with Crippen molar-refractivity contribution in [2.24, 2.45) is 0 Å². The van der Waals surface area contributed by atoms with Crippen molar-refractivity contribution in [2.75, 3.05) is 11.9 Å². The summed E-state index contributed by atoms with van der Waals surface area (Å²) in [6.45, 7) is 3.62. The molecule has 0 unspecified atom stereocenters. The number of rotatable bonds is 4. The predicted octanol–water partition coefficient (Wildman–Crippen LogP) is 1.74. The molecule has 0 saturated carbocycles. The number of carbonyl (C=O) groups is 1. The highest BCUT2D eigenvalue weighted by Crippen LogP contribution is 2.22. The first kappa shape index (κ1) is 11.7. The molecule has 0 aliphatic heterocycles. The first-order chi connectivity index (χ1) is 7.22. The van der Waals surface area contributed by atoms with E-state index in [1.807, 2.05) is 32.0 Å². The van der Waals surface area contributed by atoms with Crippen molar-refractivity contribution < 1.29 is 9.90 Å². The van der Waals surface area contributed by atoms with Gasteiger partial charge in [0, 0.05) is 5.69 Å². The minimum Gasteiger partial charge on any atom is -0.387 e. The van der Waals surface area contributed by atoms with Crippen LogP contribution in [0.3, 0.4) is 0 Å². The molecule has 0 saturated heterocycles. The van der Waals surface area contributed by atoms with E-state index in [9.17, 15) is 4.79 Å². The molecule has 0 aliphatic carbocycles. The number of hydrogen-bond acceptors (Lipinski definition) is 2. The number of aliphatic hydroxyl groups is 1. The molecule has 3 nitrogen and oxygen atoms in total. The van der Waals surface area contributed by atoms with Gasteiger partial charge in [-0.1, -0.05) is 32.0 Å². The first-order valence-corrected chi connectivity index (χ1v) is 5.24. The summed E-state index contributed by atoms with van der Waals surface area (Å²) in [6.07, 6.45) is 1.74. The molecule has 1 rings (SSSR count). The van der Waals surface area contributed by atoms with Crippen LogP contribution in [-0.2, 0) is 17.6 Å². The lowest BCUT2D eigenvalue weighted by molar-refractivity contribution is -0.118. The highest BCUT2D eigenvalue weighted by molar-refractivity contribution is 5.93. The van der Waals surface area contributed by atoms with E-state index in [1.54, 1.807) is 0 Å². The zero-order valence-electron chi connectivity index (χ0n) is 9.21. The van der Waals surface area contributed by atoms with E-state index in [2.05, 4.69) is 5.32 Å². The van der Waals surface area contributed by atoms with Gasteiger partial charge in [0.15, 0.2) is 0 Å². The van der Waals surface area contributed by atoms with Gasteiger partial charge >= 0.3 is 0 Å². The van der Waals surface area contributed by atoms with E-state index < -0.39 is 6.61 Å². The molecule has 0 heterocycles. The van der Waals surface area contributed by atoms with E-state index >= 15 is 0 Å². The number of aliphatic hydroxyl groups excluding tert-OH is 1. The van der Waals surface area contributed by atoms with Crippen LogP contribution in [0, 0.1) is 0 Å². The third-order valence-electron chi connectivity index (χ3n) is 2.41. The van der Waals surface area contributed by atoms with E-state index in [0.717, 1.165) is 29.7 Å². The van der Waals surface area contributed by atoms with Crippen LogP contribution in [0.25, 0.3) is 0 Å². The average Bonchev–Trinajstić information content (AvgIpc) is 2.29. The zero-order valence-corrected chi connectivity index (χ0v) is 9.21. The van der Waals surface area contributed by atoms with Crippen molar-refractivity contribution >= 4 is 11.6 Å². The van der Waals surface area contributed by atoms with Crippen LogP contribution in [-0.4, -0.2) is 17.6 Å². The largest absolute Gasteiger partial charge is 0.387 e. The SMILES string of the molecule is CCc1cccc(CC)c1NC(=O)CO. The quantitative estimate of drug-likeness (QED) is 0.790. The molecular formula is C12H17NO2. The molecule has 0 radical (unpaired) electrons. The van der Waals surface area contributed by atoms with E-state index in [1.165, 1.54) is 0 Å². The van der Waals surface area contributed by atoms with Gasteiger partial charge < -0.3 is 10.4 Å². The fourth-order valence-corrected chi connectivity index (χ4v) is 1.58. The highest BCUT2D eigenvalue weighted by Gasteiger charge is 2.08. The molecule has 0 bridgehead atoms. The van der Waals surface area contributed by atoms with E-state index in [4.69, 9.17) is 5.11 Å². The average molecular weight is 207 g/mol. The van der Waals surface area contributed by atoms with Crippen molar-refractivity contribution in [2.45, 2.75) is 26.7 Å². The fourth-order valence-electron chi connectivity index (χ4n) is 1.58. The topological polar surface area (TPSA) is 49.3 Å². The number of carbonyl (C=O) groups excluding carboxylic acids is 1. The van der Waals surface area contributed by atoms with Gasteiger partial charge in [-0.05, 0) is 24.0 Å². The number of para-hydroxylation sites is 1. The third-order valence-corrected chi connectivity index (χ3v) is 2.41. The number of amides is 1. The molecule has 0 aromatic heterocycles. The van der Waals surface area contributed by atoms with Crippen LogP contribution in [0.1, 0.15) is 25.0 Å². The highest BCUT2D eigenvalue weighted by atomic mass is 16.3. The van der Waals surface area contributed by atoms with Crippen molar-refractivity contribution in [3.05, 3.63) is 29.3 Å². The van der Waals surface area contributed by atoms with Crippen molar-refractivity contribution in [1.29, 1.82) is 0 Å². The minimum atomic E-state index is -0.471. The Hall–Kier alpha value is -1.35. The molecule has 0 atom stereocenters. The smallest absolute Gasteiger partial charge is 0.250 e. The zero-order chi connectivity index (χ0) is 11.3. The van der Waals surface area contributed by atoms with Gasteiger partial charge in [0.1, 0.15) is 6.61 Å². The Balaban J connectivity index is 3.05. The van der Waals surface area contributed by atoms with Crippen LogP contribution in [0.15, 0.2) is 18.2 Å². The summed E-state index contributed by atoms with van der Waals surface area (Å²) in [5, 5.41) is 11.5. The van der Waals surface area contributed by atoms with Crippen LogP contribution < -0.4 is 5.32 Å². The summed E-state index contributed by atoms with van der Waals surface area (Å²) < 4.78 is 0. The van der Waals surface area contributed by atoms with Crippen LogP contribution in [0.5, 0.6) is 0 Å². The summed E-state index contributed by atoms with van der Waals surface area (Å²) in [5.74, 6) is -0.356. The molecule has 0 fully saturated rings. The lowest BCUT2D eigenvalue weighted by Gasteiger charge is -2.13.